The van der Waals surface area contributed by atoms with Crippen LogP contribution in [-0.4, -0.2) is 58.6 Å². The molecule has 2 bridgehead atoms. The van der Waals surface area contributed by atoms with Crippen molar-refractivity contribution in [2.24, 2.45) is 11.8 Å². The predicted octanol–water partition coefficient (Wildman–Crippen LogP) is 1.31. The summed E-state index contributed by atoms with van der Waals surface area (Å²) in [4.78, 5) is 41.5. The highest BCUT2D eigenvalue weighted by Crippen LogP contribution is 2.58. The van der Waals surface area contributed by atoms with E-state index in [9.17, 15) is 19.5 Å². The van der Waals surface area contributed by atoms with E-state index in [1.165, 1.54) is 4.90 Å². The lowest BCUT2D eigenvalue weighted by atomic mass is 9.70. The zero-order chi connectivity index (χ0) is 23.0. The summed E-state index contributed by atoms with van der Waals surface area (Å²) in [5.74, 6) is -2.34. The van der Waals surface area contributed by atoms with E-state index in [1.54, 1.807) is 12.1 Å². The Morgan fingerprint density at radius 1 is 1.06 bits per heavy atom. The van der Waals surface area contributed by atoms with E-state index >= 15 is 0 Å². The minimum Gasteiger partial charge on any atom is -0.395 e. The predicted molar refractivity (Wildman–Crippen MR) is 120 cm³/mol. The molecule has 0 aromatic heterocycles. The molecule has 3 aliphatic rings. The molecule has 5 rings (SSSR count). The van der Waals surface area contributed by atoms with Crippen molar-refractivity contribution in [2.75, 3.05) is 18.5 Å². The fourth-order valence-corrected chi connectivity index (χ4v) is 5.73. The Balaban J connectivity index is 1.41. The molecule has 3 heterocycles. The van der Waals surface area contributed by atoms with Crippen molar-refractivity contribution in [3.8, 4) is 0 Å². The number of hydrogen-bond acceptors (Lipinski definition) is 5. The number of fused-ring (bicyclic) bond motifs is 1. The molecule has 3 fully saturated rings. The zero-order valence-corrected chi connectivity index (χ0v) is 18.1. The van der Waals surface area contributed by atoms with E-state index in [-0.39, 0.29) is 30.9 Å². The van der Waals surface area contributed by atoms with Crippen LogP contribution in [0.2, 0.25) is 0 Å². The lowest BCUT2D eigenvalue weighted by Gasteiger charge is -2.33. The maximum Gasteiger partial charge on any atom is 0.246 e. The second kappa shape index (κ2) is 8.61. The van der Waals surface area contributed by atoms with Crippen LogP contribution in [0.5, 0.6) is 0 Å². The highest BCUT2D eigenvalue weighted by molar-refractivity contribution is 6.02. The van der Waals surface area contributed by atoms with Gasteiger partial charge in [0.05, 0.1) is 24.5 Å². The first-order chi connectivity index (χ1) is 16.0. The second-order valence-electron chi connectivity index (χ2n) is 8.87. The summed E-state index contributed by atoms with van der Waals surface area (Å²) in [6, 6.07) is 17.7. The van der Waals surface area contributed by atoms with Crippen molar-refractivity contribution in [1.82, 2.24) is 10.2 Å². The number of carbonyl (C=O) groups is 3. The lowest BCUT2D eigenvalue weighted by molar-refractivity contribution is -0.142. The number of nitrogens with zero attached hydrogens (tertiary/aromatic N) is 1. The number of aliphatic hydroxyl groups is 1. The highest BCUT2D eigenvalue weighted by atomic mass is 16.5. The van der Waals surface area contributed by atoms with Crippen LogP contribution < -0.4 is 10.6 Å². The molecule has 3 aliphatic heterocycles. The summed E-state index contributed by atoms with van der Waals surface area (Å²) in [6.07, 6.45) is 0.712. The zero-order valence-electron chi connectivity index (χ0n) is 18.1. The summed E-state index contributed by atoms with van der Waals surface area (Å²) in [6.45, 7) is 0.0578. The Labute approximate surface area is 191 Å². The third-order valence-corrected chi connectivity index (χ3v) is 7.04. The van der Waals surface area contributed by atoms with Gasteiger partial charge in [-0.3, -0.25) is 14.4 Å². The van der Waals surface area contributed by atoms with Gasteiger partial charge in [0, 0.05) is 18.8 Å². The molecule has 8 nitrogen and oxygen atoms in total. The summed E-state index contributed by atoms with van der Waals surface area (Å²) in [5, 5.41) is 15.4. The van der Waals surface area contributed by atoms with Crippen LogP contribution in [0.1, 0.15) is 18.4 Å². The average molecular weight is 450 g/mol. The van der Waals surface area contributed by atoms with Crippen molar-refractivity contribution in [3.05, 3.63) is 66.2 Å². The first-order valence-electron chi connectivity index (χ1n) is 11.3. The molecule has 1 spiro atoms. The highest BCUT2D eigenvalue weighted by Gasteiger charge is 2.74. The number of ether oxygens (including phenoxy) is 1. The van der Waals surface area contributed by atoms with Gasteiger partial charge < -0.3 is 25.4 Å². The molecule has 0 radical (unpaired) electrons. The van der Waals surface area contributed by atoms with Crippen molar-refractivity contribution in [2.45, 2.75) is 37.1 Å². The average Bonchev–Trinajstić information content (AvgIpc) is 3.47. The van der Waals surface area contributed by atoms with Gasteiger partial charge >= 0.3 is 0 Å². The molecule has 3 amide bonds. The van der Waals surface area contributed by atoms with Crippen molar-refractivity contribution in [1.29, 1.82) is 0 Å². The molecule has 0 saturated carbocycles. The van der Waals surface area contributed by atoms with Gasteiger partial charge in [-0.05, 0) is 30.5 Å². The van der Waals surface area contributed by atoms with Crippen molar-refractivity contribution < 1.29 is 24.2 Å². The Bertz CT molecular complexity index is 1050. The minimum atomic E-state index is -1.06. The normalized spacial score (nSPS) is 29.7. The van der Waals surface area contributed by atoms with Gasteiger partial charge in [0.1, 0.15) is 11.6 Å². The fraction of sp³-hybridized carbons (Fsp3) is 0.400. The van der Waals surface area contributed by atoms with E-state index in [0.717, 1.165) is 5.56 Å². The fourth-order valence-electron chi connectivity index (χ4n) is 5.73. The number of nitrogens with one attached hydrogen (secondary N) is 2. The number of carbonyl (C=O) groups excluding carboxylic acids is 3. The lowest BCUT2D eigenvalue weighted by Crippen LogP contribution is -2.55. The molecule has 5 atom stereocenters. The molecule has 8 heteroatoms. The van der Waals surface area contributed by atoms with Crippen LogP contribution in [0, 0.1) is 11.8 Å². The monoisotopic (exact) mass is 449 g/mol. The third-order valence-electron chi connectivity index (χ3n) is 7.04. The first kappa shape index (κ1) is 21.6. The Hall–Kier alpha value is -3.23. The molecular weight excluding hydrogens is 422 g/mol. The quantitative estimate of drug-likeness (QED) is 0.591. The van der Waals surface area contributed by atoms with E-state index in [2.05, 4.69) is 10.6 Å². The van der Waals surface area contributed by atoms with Crippen LogP contribution in [0.4, 0.5) is 5.69 Å². The van der Waals surface area contributed by atoms with Crippen LogP contribution >= 0.6 is 0 Å². The van der Waals surface area contributed by atoms with Crippen LogP contribution in [0.3, 0.4) is 0 Å². The van der Waals surface area contributed by atoms with Crippen molar-refractivity contribution >= 4 is 23.4 Å². The van der Waals surface area contributed by atoms with Crippen molar-refractivity contribution in [3.63, 3.8) is 0 Å². The Kier molecular flexibility index (Phi) is 5.64. The largest absolute Gasteiger partial charge is 0.395 e. The Morgan fingerprint density at radius 2 is 1.76 bits per heavy atom. The number of anilines is 1. The number of β-amino-alcohol motifs (C(OH)–C–C–N with tert-alkyl or cyclic N) is 1. The number of hydrogen-bond donors (Lipinski definition) is 3. The third kappa shape index (κ3) is 3.59. The van der Waals surface area contributed by atoms with Gasteiger partial charge in [-0.25, -0.2) is 0 Å². The van der Waals surface area contributed by atoms with E-state index in [4.69, 9.17) is 4.74 Å². The van der Waals surface area contributed by atoms with E-state index in [0.29, 0.717) is 25.1 Å². The smallest absolute Gasteiger partial charge is 0.246 e. The minimum absolute atomic E-state index is 0.0154. The van der Waals surface area contributed by atoms with Crippen LogP contribution in [0.25, 0.3) is 0 Å². The SMILES string of the molecule is O=C(NCc1ccccc1)C1N(CCO)C(=O)[C@@H]2[C@H](C(=O)Nc3ccccc3)[C@@H]3CCC12O3. The topological polar surface area (TPSA) is 108 Å². The molecule has 3 N–H and O–H groups in total. The first-order valence-corrected chi connectivity index (χ1v) is 11.3. The molecule has 33 heavy (non-hydrogen) atoms. The number of amides is 3. The molecule has 3 saturated heterocycles. The number of para-hydroxylation sites is 1. The molecule has 2 aromatic rings. The van der Waals surface area contributed by atoms with E-state index < -0.39 is 29.6 Å². The number of likely N-dealkylation sites (tertiary alicyclic amines) is 1. The second-order valence-corrected chi connectivity index (χ2v) is 8.87. The summed E-state index contributed by atoms with van der Waals surface area (Å²) in [7, 11) is 0. The summed E-state index contributed by atoms with van der Waals surface area (Å²) < 4.78 is 6.32. The van der Waals surface area contributed by atoms with Gasteiger partial charge in [-0.1, -0.05) is 48.5 Å². The van der Waals surface area contributed by atoms with Gasteiger partial charge in [0.2, 0.25) is 17.7 Å². The maximum absolute atomic E-state index is 13.5. The standard InChI is InChI=1S/C25H27N3O5/c29-14-13-28-21(23(31)26-15-16-7-3-1-4-8-16)25-12-11-18(33-25)19(20(25)24(28)32)22(30)27-17-9-5-2-6-10-17/h1-10,18-21,29H,11-15H2,(H,26,31)(H,27,30)/t18-,19+,20-,21?,25?/m0/s1. The number of rotatable bonds is 7. The molecule has 0 aliphatic carbocycles. The van der Waals surface area contributed by atoms with Gasteiger partial charge in [-0.15, -0.1) is 0 Å². The maximum atomic E-state index is 13.5. The summed E-state index contributed by atoms with van der Waals surface area (Å²) in [5.41, 5.74) is 0.528. The van der Waals surface area contributed by atoms with Gasteiger partial charge in [-0.2, -0.15) is 0 Å². The number of aliphatic hydroxyl groups excluding tert-OH is 1. The number of benzene rings is 2. The molecular formula is C25H27N3O5. The molecule has 172 valence electrons. The van der Waals surface area contributed by atoms with Crippen LogP contribution in [0.15, 0.2) is 60.7 Å². The van der Waals surface area contributed by atoms with Gasteiger partial charge in [0.15, 0.2) is 0 Å². The Morgan fingerprint density at radius 3 is 2.45 bits per heavy atom. The summed E-state index contributed by atoms with van der Waals surface area (Å²) >= 11 is 0. The molecule has 2 aromatic carbocycles. The molecule has 2 unspecified atom stereocenters. The van der Waals surface area contributed by atoms with Crippen LogP contribution in [-0.2, 0) is 25.7 Å². The van der Waals surface area contributed by atoms with E-state index in [1.807, 2.05) is 48.5 Å². The van der Waals surface area contributed by atoms with Gasteiger partial charge in [0.25, 0.3) is 0 Å².